The summed E-state index contributed by atoms with van der Waals surface area (Å²) < 4.78 is 11.8. The van der Waals surface area contributed by atoms with Crippen molar-refractivity contribution in [2.75, 3.05) is 6.61 Å². The molecule has 35 heavy (non-hydrogen) atoms. The molecule has 0 amide bonds. The lowest BCUT2D eigenvalue weighted by Gasteiger charge is -2.39. The van der Waals surface area contributed by atoms with Crippen LogP contribution >= 0.6 is 15.9 Å². The van der Waals surface area contributed by atoms with E-state index in [1.54, 1.807) is 12.1 Å². The second-order valence-corrected chi connectivity index (χ2v) is 10.6. The molecule has 0 spiro atoms. The molecular formula is C28H30BrNO5. The van der Waals surface area contributed by atoms with E-state index >= 15 is 0 Å². The number of halogens is 1. The van der Waals surface area contributed by atoms with E-state index in [2.05, 4.69) is 35.1 Å². The molecule has 6 nitrogen and oxygen atoms in total. The predicted octanol–water partition coefficient (Wildman–Crippen LogP) is 5.90. The van der Waals surface area contributed by atoms with Gasteiger partial charge in [0, 0.05) is 29.3 Å². The van der Waals surface area contributed by atoms with Crippen LogP contribution in [0.1, 0.15) is 57.6 Å². The lowest BCUT2D eigenvalue weighted by molar-refractivity contribution is -0.140. The Bertz CT molecular complexity index is 1230. The Balaban J connectivity index is 1.81. The number of benzene rings is 2. The van der Waals surface area contributed by atoms with Gasteiger partial charge in [-0.1, -0.05) is 44.2 Å². The van der Waals surface area contributed by atoms with Gasteiger partial charge in [-0.05, 0) is 64.9 Å². The highest BCUT2D eigenvalue weighted by atomic mass is 79.9. The minimum absolute atomic E-state index is 0.00299. The molecule has 0 aromatic heterocycles. The number of rotatable bonds is 6. The number of carbonyl (C=O) groups excluding carboxylic acids is 2. The molecule has 2 aliphatic rings. The third-order valence-electron chi connectivity index (χ3n) is 6.36. The quantitative estimate of drug-likeness (QED) is 0.444. The number of nitrogens with one attached hydrogen (secondary N) is 1. The monoisotopic (exact) mass is 539 g/mol. The number of phenols is 1. The first-order valence-electron chi connectivity index (χ1n) is 11.7. The maximum atomic E-state index is 13.5. The number of dihydropyridines is 1. The Kier molecular flexibility index (Phi) is 7.08. The fourth-order valence-corrected chi connectivity index (χ4v) is 5.33. The van der Waals surface area contributed by atoms with Crippen LogP contribution in [0.15, 0.2) is 69.5 Å². The van der Waals surface area contributed by atoms with Gasteiger partial charge < -0.3 is 19.9 Å². The average Bonchev–Trinajstić information content (AvgIpc) is 2.79. The highest BCUT2D eigenvalue weighted by molar-refractivity contribution is 9.10. The highest BCUT2D eigenvalue weighted by Crippen LogP contribution is 2.49. The number of hydrogen-bond acceptors (Lipinski definition) is 6. The van der Waals surface area contributed by atoms with Crippen molar-refractivity contribution in [1.29, 1.82) is 0 Å². The zero-order valence-electron chi connectivity index (χ0n) is 20.4. The normalized spacial score (nSPS) is 19.2. The maximum absolute atomic E-state index is 13.5. The number of aromatic hydroxyl groups is 1. The largest absolute Gasteiger partial charge is 0.503 e. The lowest BCUT2D eigenvalue weighted by atomic mass is 9.68. The van der Waals surface area contributed by atoms with Crippen LogP contribution in [0, 0.1) is 5.41 Å². The number of Topliss-reactive ketones (excluding diaryl/α,β-unsaturated/α-hetero) is 1. The van der Waals surface area contributed by atoms with Crippen LogP contribution in [0.2, 0.25) is 0 Å². The third-order valence-corrected chi connectivity index (χ3v) is 6.96. The molecule has 1 heterocycles. The summed E-state index contributed by atoms with van der Waals surface area (Å²) in [6, 6.07) is 12.9. The summed E-state index contributed by atoms with van der Waals surface area (Å²) in [5, 5.41) is 13.8. The summed E-state index contributed by atoms with van der Waals surface area (Å²) in [6.07, 6.45) is 1.07. The van der Waals surface area contributed by atoms with E-state index in [1.165, 1.54) is 0 Å². The zero-order valence-corrected chi connectivity index (χ0v) is 22.0. The number of esters is 1. The molecule has 2 aromatic carbocycles. The van der Waals surface area contributed by atoms with Crippen molar-refractivity contribution in [3.8, 4) is 11.5 Å². The van der Waals surface area contributed by atoms with E-state index in [-0.39, 0.29) is 29.3 Å². The lowest BCUT2D eigenvalue weighted by Crippen LogP contribution is -2.38. The van der Waals surface area contributed by atoms with Crippen molar-refractivity contribution in [3.05, 3.63) is 80.6 Å². The molecule has 0 bridgehead atoms. The van der Waals surface area contributed by atoms with Crippen LogP contribution in [0.3, 0.4) is 0 Å². The van der Waals surface area contributed by atoms with Gasteiger partial charge in [-0.25, -0.2) is 4.79 Å². The van der Waals surface area contributed by atoms with E-state index in [4.69, 9.17) is 9.47 Å². The van der Waals surface area contributed by atoms with Crippen molar-refractivity contribution >= 4 is 27.7 Å². The number of ether oxygens (including phenoxy) is 2. The van der Waals surface area contributed by atoms with Crippen molar-refractivity contribution in [3.63, 3.8) is 0 Å². The summed E-state index contributed by atoms with van der Waals surface area (Å²) >= 11 is 3.41. The van der Waals surface area contributed by atoms with Crippen LogP contribution in [0.5, 0.6) is 11.5 Å². The SMILES string of the molecule is CCOc1cc([C@H]2C(C(=O)OCc3ccccc3)=C(C)NC3=C2C(=O)CC(C)(C)C3)cc(Br)c1O. The van der Waals surface area contributed by atoms with Crippen molar-refractivity contribution < 1.29 is 24.2 Å². The summed E-state index contributed by atoms with van der Waals surface area (Å²) in [6.45, 7) is 8.28. The van der Waals surface area contributed by atoms with Crippen molar-refractivity contribution in [2.24, 2.45) is 5.41 Å². The molecule has 7 heteroatoms. The second-order valence-electron chi connectivity index (χ2n) is 9.77. The minimum atomic E-state index is -0.644. The average molecular weight is 540 g/mol. The molecule has 1 atom stereocenters. The first kappa shape index (κ1) is 25.0. The van der Waals surface area contributed by atoms with Gasteiger partial charge in [-0.3, -0.25) is 4.79 Å². The molecule has 1 aliphatic carbocycles. The highest BCUT2D eigenvalue weighted by Gasteiger charge is 2.43. The second kappa shape index (κ2) is 9.90. The number of ketones is 1. The first-order valence-corrected chi connectivity index (χ1v) is 12.5. The molecule has 0 fully saturated rings. The van der Waals surface area contributed by atoms with Crippen molar-refractivity contribution in [2.45, 2.75) is 53.1 Å². The Labute approximate surface area is 214 Å². The summed E-state index contributed by atoms with van der Waals surface area (Å²) in [5.41, 5.74) is 3.79. The molecule has 4 rings (SSSR count). The van der Waals surface area contributed by atoms with Crippen LogP contribution < -0.4 is 10.1 Å². The molecule has 0 radical (unpaired) electrons. The van der Waals surface area contributed by atoms with Gasteiger partial charge >= 0.3 is 5.97 Å². The van der Waals surface area contributed by atoms with E-state index in [0.717, 1.165) is 11.3 Å². The van der Waals surface area contributed by atoms with Gasteiger partial charge in [0.05, 0.1) is 16.7 Å². The molecule has 1 aliphatic heterocycles. The molecule has 2 aromatic rings. The van der Waals surface area contributed by atoms with E-state index in [9.17, 15) is 14.7 Å². The van der Waals surface area contributed by atoms with Crippen molar-refractivity contribution in [1.82, 2.24) is 5.32 Å². The summed E-state index contributed by atoms with van der Waals surface area (Å²) in [5.74, 6) is -0.874. The van der Waals surface area contributed by atoms with Gasteiger partial charge in [0.25, 0.3) is 0 Å². The van der Waals surface area contributed by atoms with Gasteiger partial charge in [0.1, 0.15) is 6.61 Å². The zero-order chi connectivity index (χ0) is 25.3. The first-order chi connectivity index (χ1) is 16.6. The topological polar surface area (TPSA) is 84.9 Å². The predicted molar refractivity (Wildman–Crippen MR) is 137 cm³/mol. The molecular weight excluding hydrogens is 510 g/mol. The fraction of sp³-hybridized carbons (Fsp3) is 0.357. The van der Waals surface area contributed by atoms with Crippen LogP contribution in [0.25, 0.3) is 0 Å². The Hall–Kier alpha value is -3.06. The third kappa shape index (κ3) is 5.15. The summed E-state index contributed by atoms with van der Waals surface area (Å²) in [4.78, 5) is 27.0. The van der Waals surface area contributed by atoms with Gasteiger partial charge in [0.2, 0.25) is 0 Å². The molecule has 2 N–H and O–H groups in total. The Morgan fingerprint density at radius 1 is 1.20 bits per heavy atom. The number of allylic oxidation sites excluding steroid dienone is 3. The smallest absolute Gasteiger partial charge is 0.337 e. The van der Waals surface area contributed by atoms with Crippen LogP contribution in [0.4, 0.5) is 0 Å². The van der Waals surface area contributed by atoms with Gasteiger partial charge in [-0.2, -0.15) is 0 Å². The van der Waals surface area contributed by atoms with E-state index in [1.807, 2.05) is 44.2 Å². The number of carbonyl (C=O) groups is 2. The van der Waals surface area contributed by atoms with Gasteiger partial charge in [-0.15, -0.1) is 0 Å². The van der Waals surface area contributed by atoms with E-state index < -0.39 is 11.9 Å². The van der Waals surface area contributed by atoms with Gasteiger partial charge in [0.15, 0.2) is 17.3 Å². The fourth-order valence-electron chi connectivity index (χ4n) is 4.87. The Morgan fingerprint density at radius 2 is 1.91 bits per heavy atom. The standard InChI is InChI=1S/C28H30BrNO5/c1-5-34-22-12-18(11-19(29)26(22)32)24-23(27(33)35-15-17-9-7-6-8-10-17)16(2)30-20-13-28(3,4)14-21(31)25(20)24/h6-12,24,30,32H,5,13-15H2,1-4H3/t24-/m0/s1. The maximum Gasteiger partial charge on any atom is 0.337 e. The molecule has 0 unspecified atom stereocenters. The molecule has 0 saturated heterocycles. The summed E-state index contributed by atoms with van der Waals surface area (Å²) in [7, 11) is 0. The van der Waals surface area contributed by atoms with E-state index in [0.29, 0.717) is 46.3 Å². The molecule has 0 saturated carbocycles. The van der Waals surface area contributed by atoms with Crippen LogP contribution in [-0.4, -0.2) is 23.5 Å². The number of hydrogen-bond donors (Lipinski definition) is 2. The molecule has 184 valence electrons. The van der Waals surface area contributed by atoms with Crippen LogP contribution in [-0.2, 0) is 20.9 Å². The number of phenolic OH excluding ortho intramolecular Hbond substituents is 1. The Morgan fingerprint density at radius 3 is 2.60 bits per heavy atom. The minimum Gasteiger partial charge on any atom is -0.503 e.